The number of methoxy groups -OCH3 is 1. The van der Waals surface area contributed by atoms with Gasteiger partial charge in [-0.2, -0.15) is 0 Å². The van der Waals surface area contributed by atoms with Gasteiger partial charge in [-0.15, -0.1) is 0 Å². The average Bonchev–Trinajstić information content (AvgIpc) is 2.83. The van der Waals surface area contributed by atoms with E-state index in [0.29, 0.717) is 0 Å². The first kappa shape index (κ1) is 13.4. The van der Waals surface area contributed by atoms with Crippen molar-refractivity contribution < 1.29 is 4.74 Å². The zero-order chi connectivity index (χ0) is 14.8. The van der Waals surface area contributed by atoms with E-state index in [1.807, 2.05) is 61.0 Å². The van der Waals surface area contributed by atoms with Crippen LogP contribution in [0.4, 0.5) is 5.69 Å². The fourth-order valence-corrected chi connectivity index (χ4v) is 2.36. The van der Waals surface area contributed by atoms with Gasteiger partial charge in [-0.3, -0.25) is 0 Å². The first-order valence-corrected chi connectivity index (χ1v) is 6.80. The monoisotopic (exact) mass is 279 g/mol. The molecule has 0 atom stereocenters. The summed E-state index contributed by atoms with van der Waals surface area (Å²) >= 11 is 0. The highest BCUT2D eigenvalue weighted by Crippen LogP contribution is 2.30. The third-order valence-corrected chi connectivity index (χ3v) is 3.55. The van der Waals surface area contributed by atoms with Crippen molar-refractivity contribution in [2.24, 2.45) is 12.0 Å². The van der Waals surface area contributed by atoms with Gasteiger partial charge in [0.2, 0.25) is 0 Å². The summed E-state index contributed by atoms with van der Waals surface area (Å²) < 4.78 is 7.39. The van der Waals surface area contributed by atoms with E-state index >= 15 is 0 Å². The normalized spacial score (nSPS) is 11.4. The molecule has 1 heterocycles. The number of aromatic nitrogens is 2. The minimum absolute atomic E-state index is 0.769. The molecule has 0 N–H and O–H groups in total. The molecule has 0 aliphatic carbocycles. The van der Waals surface area contributed by atoms with Crippen LogP contribution in [-0.2, 0) is 7.05 Å². The molecule has 0 amide bonds. The lowest BCUT2D eigenvalue weighted by Crippen LogP contribution is -1.96. The second-order valence-electron chi connectivity index (χ2n) is 4.90. The van der Waals surface area contributed by atoms with Crippen LogP contribution in [0.15, 0.2) is 47.5 Å². The molecule has 3 aromatic rings. The van der Waals surface area contributed by atoms with Gasteiger partial charge >= 0.3 is 0 Å². The number of hydrogen-bond donors (Lipinski definition) is 0. The van der Waals surface area contributed by atoms with Gasteiger partial charge in [0.05, 0.1) is 24.4 Å². The molecule has 0 spiro atoms. The molecule has 0 radical (unpaired) electrons. The second kappa shape index (κ2) is 5.40. The molecular weight excluding hydrogens is 262 g/mol. The number of aryl methyl sites for hydroxylation is 2. The highest BCUT2D eigenvalue weighted by molar-refractivity contribution is 5.86. The quantitative estimate of drug-likeness (QED) is 0.687. The van der Waals surface area contributed by atoms with Crippen molar-refractivity contribution in [2.45, 2.75) is 6.92 Å². The van der Waals surface area contributed by atoms with Crippen molar-refractivity contribution in [3.05, 3.63) is 53.9 Å². The molecule has 4 heteroatoms. The highest BCUT2D eigenvalue weighted by Gasteiger charge is 2.07. The van der Waals surface area contributed by atoms with Gasteiger partial charge in [0.15, 0.2) is 5.82 Å². The van der Waals surface area contributed by atoms with E-state index < -0.39 is 0 Å². The van der Waals surface area contributed by atoms with Crippen LogP contribution in [0, 0.1) is 6.92 Å². The van der Waals surface area contributed by atoms with E-state index in [0.717, 1.165) is 33.9 Å². The maximum absolute atomic E-state index is 5.36. The third-order valence-electron chi connectivity index (χ3n) is 3.55. The van der Waals surface area contributed by atoms with Crippen molar-refractivity contribution in [3.63, 3.8) is 0 Å². The van der Waals surface area contributed by atoms with Gasteiger partial charge in [0.1, 0.15) is 11.4 Å². The molecule has 0 aliphatic heterocycles. The number of fused-ring (bicyclic) bond motifs is 1. The van der Waals surface area contributed by atoms with Gasteiger partial charge < -0.3 is 9.30 Å². The minimum atomic E-state index is 0.769. The number of aliphatic imine (C=N–C) groups is 1. The Morgan fingerprint density at radius 1 is 1.14 bits per heavy atom. The number of nitrogens with zero attached hydrogens (tertiary/aromatic N) is 3. The van der Waals surface area contributed by atoms with Crippen LogP contribution in [0.1, 0.15) is 11.4 Å². The van der Waals surface area contributed by atoms with Gasteiger partial charge in [0, 0.05) is 7.05 Å². The highest BCUT2D eigenvalue weighted by atomic mass is 16.5. The molecule has 1 aromatic heterocycles. The standard InChI is InChI=1S/C17H17N3O/c1-12-7-6-10-15(21-3)17(12)18-11-16-19-13-8-4-5-9-14(13)20(16)2/h4-11H,1-3H3/b18-11+. The van der Waals surface area contributed by atoms with Crippen LogP contribution in [0.25, 0.3) is 11.0 Å². The maximum Gasteiger partial charge on any atom is 0.152 e. The summed E-state index contributed by atoms with van der Waals surface area (Å²) in [6, 6.07) is 13.9. The smallest absolute Gasteiger partial charge is 0.152 e. The summed E-state index contributed by atoms with van der Waals surface area (Å²) in [6.07, 6.45) is 1.78. The first-order valence-electron chi connectivity index (χ1n) is 6.80. The largest absolute Gasteiger partial charge is 0.494 e. The van der Waals surface area contributed by atoms with Crippen molar-refractivity contribution in [2.75, 3.05) is 7.11 Å². The zero-order valence-electron chi connectivity index (χ0n) is 12.4. The molecule has 0 bridgehead atoms. The van der Waals surface area contributed by atoms with Crippen molar-refractivity contribution >= 4 is 22.9 Å². The molecule has 3 rings (SSSR count). The molecule has 0 aliphatic rings. The average molecular weight is 279 g/mol. The molecule has 0 saturated carbocycles. The fourth-order valence-electron chi connectivity index (χ4n) is 2.36. The Hall–Kier alpha value is -2.62. The second-order valence-corrected chi connectivity index (χ2v) is 4.90. The van der Waals surface area contributed by atoms with E-state index in [4.69, 9.17) is 4.74 Å². The Morgan fingerprint density at radius 3 is 2.71 bits per heavy atom. The lowest BCUT2D eigenvalue weighted by atomic mass is 10.2. The van der Waals surface area contributed by atoms with E-state index in [-0.39, 0.29) is 0 Å². The van der Waals surface area contributed by atoms with E-state index in [1.165, 1.54) is 0 Å². The van der Waals surface area contributed by atoms with Gasteiger partial charge in [-0.25, -0.2) is 9.98 Å². The van der Waals surface area contributed by atoms with Gasteiger partial charge in [-0.05, 0) is 30.7 Å². The fraction of sp³-hybridized carbons (Fsp3) is 0.176. The van der Waals surface area contributed by atoms with Crippen LogP contribution < -0.4 is 4.74 Å². The van der Waals surface area contributed by atoms with Crippen molar-refractivity contribution in [1.82, 2.24) is 9.55 Å². The lowest BCUT2D eigenvalue weighted by Gasteiger charge is -2.06. The molecule has 0 unspecified atom stereocenters. The minimum Gasteiger partial charge on any atom is -0.494 e. The molecule has 2 aromatic carbocycles. The van der Waals surface area contributed by atoms with E-state index in [1.54, 1.807) is 13.3 Å². The number of benzene rings is 2. The molecule has 0 saturated heterocycles. The van der Waals surface area contributed by atoms with Gasteiger partial charge in [0.25, 0.3) is 0 Å². The molecule has 0 fully saturated rings. The lowest BCUT2D eigenvalue weighted by molar-refractivity contribution is 0.416. The molecule has 106 valence electrons. The predicted octanol–water partition coefficient (Wildman–Crippen LogP) is 3.64. The maximum atomic E-state index is 5.36. The van der Waals surface area contributed by atoms with Crippen LogP contribution in [0.2, 0.25) is 0 Å². The summed E-state index contributed by atoms with van der Waals surface area (Å²) in [6.45, 7) is 2.02. The SMILES string of the molecule is COc1cccc(C)c1/N=C/c1nc2ccccc2n1C. The summed E-state index contributed by atoms with van der Waals surface area (Å²) in [5, 5.41) is 0. The van der Waals surface area contributed by atoms with Crippen LogP contribution in [0.3, 0.4) is 0 Å². The summed E-state index contributed by atoms with van der Waals surface area (Å²) in [5.41, 5.74) is 3.98. The van der Waals surface area contributed by atoms with E-state index in [2.05, 4.69) is 9.98 Å². The molecule has 4 nitrogen and oxygen atoms in total. The number of ether oxygens (including phenoxy) is 1. The third kappa shape index (κ3) is 2.40. The van der Waals surface area contributed by atoms with Crippen molar-refractivity contribution in [1.29, 1.82) is 0 Å². The van der Waals surface area contributed by atoms with Gasteiger partial charge in [-0.1, -0.05) is 24.3 Å². The van der Waals surface area contributed by atoms with E-state index in [9.17, 15) is 0 Å². The molecular formula is C17H17N3O. The number of hydrogen-bond acceptors (Lipinski definition) is 3. The summed E-state index contributed by atoms with van der Waals surface area (Å²) in [7, 11) is 3.65. The predicted molar refractivity (Wildman–Crippen MR) is 85.7 cm³/mol. The number of para-hydroxylation sites is 3. The number of imidazole rings is 1. The van der Waals surface area contributed by atoms with Crippen LogP contribution >= 0.6 is 0 Å². The van der Waals surface area contributed by atoms with Crippen LogP contribution in [0.5, 0.6) is 5.75 Å². The van der Waals surface area contributed by atoms with Crippen molar-refractivity contribution in [3.8, 4) is 5.75 Å². The Kier molecular flexibility index (Phi) is 3.44. The zero-order valence-corrected chi connectivity index (χ0v) is 12.4. The summed E-state index contributed by atoms with van der Waals surface area (Å²) in [5.74, 6) is 1.59. The Labute approximate surface area is 123 Å². The Bertz CT molecular complexity index is 818. The number of rotatable bonds is 3. The topological polar surface area (TPSA) is 39.4 Å². The Balaban J connectivity index is 2.04. The van der Waals surface area contributed by atoms with Crippen LogP contribution in [-0.4, -0.2) is 22.9 Å². The Morgan fingerprint density at radius 2 is 1.95 bits per heavy atom. The molecule has 21 heavy (non-hydrogen) atoms. The first-order chi connectivity index (χ1) is 10.2. The summed E-state index contributed by atoms with van der Waals surface area (Å²) in [4.78, 5) is 9.15.